The molecule has 0 fully saturated rings. The van der Waals surface area contributed by atoms with E-state index in [4.69, 9.17) is 4.74 Å². The van der Waals surface area contributed by atoms with Crippen LogP contribution in [0.15, 0.2) is 30.3 Å². The monoisotopic (exact) mass is 357 g/mol. The highest BCUT2D eigenvalue weighted by Crippen LogP contribution is 2.32. The number of fused-ring (bicyclic) bond motifs is 1. The number of rotatable bonds is 9. The average molecular weight is 357 g/mol. The molecule has 2 atom stereocenters. The van der Waals surface area contributed by atoms with Crippen molar-refractivity contribution in [3.8, 4) is 0 Å². The third kappa shape index (κ3) is 5.16. The van der Waals surface area contributed by atoms with Crippen LogP contribution < -0.4 is 5.32 Å². The Balaban J connectivity index is 1.32. The van der Waals surface area contributed by atoms with E-state index in [2.05, 4.69) is 47.7 Å². The summed E-state index contributed by atoms with van der Waals surface area (Å²) >= 11 is 0. The van der Waals surface area contributed by atoms with Crippen LogP contribution in [0.5, 0.6) is 0 Å². The van der Waals surface area contributed by atoms with Gasteiger partial charge in [0.2, 0.25) is 0 Å². The molecule has 26 heavy (non-hydrogen) atoms. The Labute approximate surface area is 156 Å². The van der Waals surface area contributed by atoms with Crippen molar-refractivity contribution in [3.63, 3.8) is 0 Å². The summed E-state index contributed by atoms with van der Waals surface area (Å²) < 4.78 is 8.05. The molecule has 2 aromatic rings. The van der Waals surface area contributed by atoms with Crippen molar-refractivity contribution in [1.29, 1.82) is 0 Å². The number of ether oxygens (including phenoxy) is 1. The first-order chi connectivity index (χ1) is 12.6. The number of hydrogen-bond acceptors (Lipinski definition) is 4. The van der Waals surface area contributed by atoms with Crippen LogP contribution in [-0.2, 0) is 17.7 Å². The van der Waals surface area contributed by atoms with Crippen molar-refractivity contribution >= 4 is 0 Å². The van der Waals surface area contributed by atoms with Gasteiger partial charge in [0.05, 0.1) is 24.5 Å². The Morgan fingerprint density at radius 2 is 2.19 bits per heavy atom. The van der Waals surface area contributed by atoms with E-state index in [-0.39, 0.29) is 6.10 Å². The molecule has 142 valence electrons. The van der Waals surface area contributed by atoms with Gasteiger partial charge in [-0.15, -0.1) is 0 Å². The fraction of sp³-hybridized carbons (Fsp3) is 0.571. The molecule has 1 aliphatic rings. The third-order valence-electron chi connectivity index (χ3n) is 5.01. The zero-order valence-corrected chi connectivity index (χ0v) is 15.9. The van der Waals surface area contributed by atoms with Crippen molar-refractivity contribution in [2.75, 3.05) is 19.7 Å². The van der Waals surface area contributed by atoms with Gasteiger partial charge in [-0.05, 0) is 63.3 Å². The molecular formula is C21H31N3O2. The highest BCUT2D eigenvalue weighted by molar-refractivity contribution is 5.31. The second kappa shape index (κ2) is 9.31. The van der Waals surface area contributed by atoms with E-state index in [9.17, 15) is 5.11 Å². The number of aromatic nitrogens is 2. The molecule has 0 amide bonds. The molecule has 1 heterocycles. The molecule has 0 radical (unpaired) electrons. The van der Waals surface area contributed by atoms with Crippen LogP contribution in [0.1, 0.15) is 47.9 Å². The van der Waals surface area contributed by atoms with E-state index in [1.807, 2.05) is 11.6 Å². The van der Waals surface area contributed by atoms with E-state index in [0.717, 1.165) is 44.5 Å². The van der Waals surface area contributed by atoms with Crippen LogP contribution in [0.4, 0.5) is 0 Å². The number of aliphatic hydroxyl groups is 1. The third-order valence-corrected chi connectivity index (χ3v) is 5.01. The van der Waals surface area contributed by atoms with Gasteiger partial charge in [0.25, 0.3) is 0 Å². The second-order valence-electron chi connectivity index (χ2n) is 7.27. The fourth-order valence-corrected chi connectivity index (χ4v) is 3.69. The van der Waals surface area contributed by atoms with E-state index >= 15 is 0 Å². The number of nitrogens with zero attached hydrogens (tertiary/aromatic N) is 2. The first-order valence-electron chi connectivity index (χ1n) is 9.72. The molecule has 2 unspecified atom stereocenters. The molecule has 2 N–H and O–H groups in total. The van der Waals surface area contributed by atoms with E-state index < -0.39 is 6.10 Å². The Hall–Kier alpha value is -1.69. The summed E-state index contributed by atoms with van der Waals surface area (Å²) in [6.45, 7) is 6.80. The summed E-state index contributed by atoms with van der Waals surface area (Å²) in [5, 5.41) is 18.0. The fourth-order valence-electron chi connectivity index (χ4n) is 3.69. The number of benzene rings is 1. The van der Waals surface area contributed by atoms with E-state index in [1.165, 1.54) is 16.8 Å². The summed E-state index contributed by atoms with van der Waals surface area (Å²) in [6, 6.07) is 10.6. The summed E-state index contributed by atoms with van der Waals surface area (Å²) in [5.41, 5.74) is 4.94. The lowest BCUT2D eigenvalue weighted by molar-refractivity contribution is -0.0166. The average Bonchev–Trinajstić information content (AvgIpc) is 2.97. The summed E-state index contributed by atoms with van der Waals surface area (Å²) in [6.07, 6.45) is 3.97. The van der Waals surface area contributed by atoms with Crippen LogP contribution in [-0.4, -0.2) is 40.7 Å². The lowest BCUT2D eigenvalue weighted by atomic mass is 9.89. The molecule has 0 saturated carbocycles. The van der Waals surface area contributed by atoms with Gasteiger partial charge in [-0.2, -0.15) is 5.10 Å². The van der Waals surface area contributed by atoms with Gasteiger partial charge in [0.1, 0.15) is 0 Å². The first-order valence-corrected chi connectivity index (χ1v) is 9.72. The minimum Gasteiger partial charge on any atom is -0.389 e. The van der Waals surface area contributed by atoms with Gasteiger partial charge in [0.15, 0.2) is 0 Å². The molecule has 0 aliphatic heterocycles. The number of hydrogen-bond donors (Lipinski definition) is 2. The van der Waals surface area contributed by atoms with Crippen molar-refractivity contribution < 1.29 is 9.84 Å². The van der Waals surface area contributed by atoms with Gasteiger partial charge in [-0.1, -0.05) is 24.3 Å². The van der Waals surface area contributed by atoms with Gasteiger partial charge in [-0.3, -0.25) is 4.68 Å². The molecule has 3 rings (SSSR count). The predicted molar refractivity (Wildman–Crippen MR) is 103 cm³/mol. The number of aryl methyl sites for hydroxylation is 4. The number of nitrogens with one attached hydrogen (secondary N) is 1. The molecule has 1 aromatic heterocycles. The molecule has 1 aromatic carbocycles. The summed E-state index contributed by atoms with van der Waals surface area (Å²) in [5.74, 6) is 0. The SMILES string of the molecule is Cc1cc(C)n(CCCNCC(O)COC2CCCc3ccccc32)n1. The van der Waals surface area contributed by atoms with Gasteiger partial charge >= 0.3 is 0 Å². The molecule has 0 saturated heterocycles. The maximum Gasteiger partial charge on any atom is 0.0897 e. The highest BCUT2D eigenvalue weighted by atomic mass is 16.5. The zero-order chi connectivity index (χ0) is 18.4. The molecule has 1 aliphatic carbocycles. The molecule has 5 nitrogen and oxygen atoms in total. The van der Waals surface area contributed by atoms with Crippen molar-refractivity contribution in [1.82, 2.24) is 15.1 Å². The molecule has 0 bridgehead atoms. The topological polar surface area (TPSA) is 59.3 Å². The Morgan fingerprint density at radius 3 is 3.00 bits per heavy atom. The van der Waals surface area contributed by atoms with Crippen molar-refractivity contribution in [3.05, 3.63) is 52.8 Å². The van der Waals surface area contributed by atoms with Gasteiger partial charge in [-0.25, -0.2) is 0 Å². The summed E-state index contributed by atoms with van der Waals surface area (Å²) in [7, 11) is 0. The van der Waals surface area contributed by atoms with Crippen LogP contribution in [0.2, 0.25) is 0 Å². The van der Waals surface area contributed by atoms with Crippen LogP contribution in [0.25, 0.3) is 0 Å². The Bertz CT molecular complexity index is 698. The van der Waals surface area contributed by atoms with Crippen LogP contribution in [0.3, 0.4) is 0 Å². The lowest BCUT2D eigenvalue weighted by Gasteiger charge is -2.26. The molecular weight excluding hydrogens is 326 g/mol. The standard InChI is InChI=1S/C21H31N3O2/c1-16-13-17(2)24(23-16)12-6-11-22-14-19(25)15-26-21-10-5-8-18-7-3-4-9-20(18)21/h3-4,7,9,13,19,21-22,25H,5-6,8,10-12,14-15H2,1-2H3. The van der Waals surface area contributed by atoms with Crippen LogP contribution in [0, 0.1) is 13.8 Å². The number of aliphatic hydroxyl groups excluding tert-OH is 1. The quantitative estimate of drug-likeness (QED) is 0.678. The Morgan fingerprint density at radius 1 is 1.35 bits per heavy atom. The normalized spacial score (nSPS) is 17.9. The van der Waals surface area contributed by atoms with E-state index in [0.29, 0.717) is 13.2 Å². The first kappa shape index (κ1) is 19.1. The zero-order valence-electron chi connectivity index (χ0n) is 15.9. The minimum absolute atomic E-state index is 0.126. The van der Waals surface area contributed by atoms with Crippen molar-refractivity contribution in [2.45, 2.75) is 58.3 Å². The van der Waals surface area contributed by atoms with E-state index in [1.54, 1.807) is 0 Å². The Kier molecular flexibility index (Phi) is 6.83. The lowest BCUT2D eigenvalue weighted by Crippen LogP contribution is -2.32. The largest absolute Gasteiger partial charge is 0.389 e. The molecule has 0 spiro atoms. The van der Waals surface area contributed by atoms with Crippen molar-refractivity contribution in [2.24, 2.45) is 0 Å². The second-order valence-corrected chi connectivity index (χ2v) is 7.27. The van der Waals surface area contributed by atoms with Gasteiger partial charge in [0, 0.05) is 18.8 Å². The molecule has 5 heteroatoms. The maximum atomic E-state index is 10.2. The predicted octanol–water partition coefficient (Wildman–Crippen LogP) is 2.93. The maximum absolute atomic E-state index is 10.2. The summed E-state index contributed by atoms with van der Waals surface area (Å²) in [4.78, 5) is 0. The van der Waals surface area contributed by atoms with Crippen LogP contribution >= 0.6 is 0 Å². The smallest absolute Gasteiger partial charge is 0.0897 e. The minimum atomic E-state index is -0.474. The van der Waals surface area contributed by atoms with Gasteiger partial charge < -0.3 is 15.2 Å². The highest BCUT2D eigenvalue weighted by Gasteiger charge is 2.21.